The van der Waals surface area contributed by atoms with Gasteiger partial charge >= 0.3 is 0 Å². The van der Waals surface area contributed by atoms with Crippen molar-refractivity contribution in [2.75, 3.05) is 25.6 Å². The molecule has 6 heteroatoms. The largest absolute Gasteiger partial charge is 0.493 e. The molecule has 0 saturated carbocycles. The topological polar surface area (TPSA) is 64.6 Å². The first-order valence-electron chi connectivity index (χ1n) is 8.21. The van der Waals surface area contributed by atoms with Gasteiger partial charge in [0.25, 0.3) is 0 Å². The summed E-state index contributed by atoms with van der Waals surface area (Å²) in [5.74, 6) is 1.51. The fourth-order valence-corrected chi connectivity index (χ4v) is 3.47. The molecule has 1 aromatic carbocycles. The monoisotopic (exact) mass is 341 g/mol. The average molecular weight is 341 g/mol. The number of hydrogen-bond acceptors (Lipinski definition) is 4. The van der Waals surface area contributed by atoms with E-state index in [-0.39, 0.29) is 17.7 Å². The predicted molar refractivity (Wildman–Crippen MR) is 91.3 cm³/mol. The molecule has 1 aliphatic rings. The third kappa shape index (κ3) is 5.48. The van der Waals surface area contributed by atoms with Gasteiger partial charge in [-0.15, -0.1) is 0 Å². The molecular formula is C17H27NO4S. The molecule has 0 aromatic heterocycles. The number of nitrogens with one attached hydrogen (secondary N) is 1. The molecule has 0 radical (unpaired) electrons. The van der Waals surface area contributed by atoms with Crippen molar-refractivity contribution in [2.24, 2.45) is 5.92 Å². The Morgan fingerprint density at radius 2 is 2.00 bits per heavy atom. The fraction of sp³-hybridized carbons (Fsp3) is 0.647. The molecular weight excluding hydrogens is 314 g/mol. The van der Waals surface area contributed by atoms with Gasteiger partial charge in [0.05, 0.1) is 25.0 Å². The van der Waals surface area contributed by atoms with Gasteiger partial charge in [-0.3, -0.25) is 0 Å². The highest BCUT2D eigenvalue weighted by molar-refractivity contribution is 7.89. The summed E-state index contributed by atoms with van der Waals surface area (Å²) in [6.45, 7) is 7.48. The molecule has 23 heavy (non-hydrogen) atoms. The molecule has 0 unspecified atom stereocenters. The highest BCUT2D eigenvalue weighted by atomic mass is 32.2. The number of rotatable bonds is 7. The minimum atomic E-state index is -3.24. The standard InChI is InChI=1S/C17H27NO4S/c1-4-23(19,20)18-17-12-21-10-9-15(17)11-22-16-7-5-14(6-8-16)13(2)3/h5-8,13,15,17-18H,4,9-12H2,1-3H3/t15-,17+/m1/s1. The summed E-state index contributed by atoms with van der Waals surface area (Å²) in [5, 5.41) is 0. The lowest BCUT2D eigenvalue weighted by molar-refractivity contribution is 0.0274. The Hall–Kier alpha value is -1.11. The first kappa shape index (κ1) is 18.2. The van der Waals surface area contributed by atoms with Crippen molar-refractivity contribution in [2.45, 2.75) is 39.2 Å². The molecule has 0 amide bonds. The van der Waals surface area contributed by atoms with Gasteiger partial charge in [0, 0.05) is 12.5 Å². The van der Waals surface area contributed by atoms with Crippen LogP contribution in [0.2, 0.25) is 0 Å². The van der Waals surface area contributed by atoms with Crippen LogP contribution in [0, 0.1) is 5.92 Å². The molecule has 5 nitrogen and oxygen atoms in total. The summed E-state index contributed by atoms with van der Waals surface area (Å²) in [7, 11) is -3.24. The van der Waals surface area contributed by atoms with Gasteiger partial charge in [-0.25, -0.2) is 13.1 Å². The van der Waals surface area contributed by atoms with E-state index in [9.17, 15) is 8.42 Å². The quantitative estimate of drug-likeness (QED) is 0.828. The van der Waals surface area contributed by atoms with Crippen LogP contribution in [0.3, 0.4) is 0 Å². The lowest BCUT2D eigenvalue weighted by Gasteiger charge is -2.31. The Kier molecular flexibility index (Phi) is 6.44. The number of ether oxygens (including phenoxy) is 2. The van der Waals surface area contributed by atoms with Crippen molar-refractivity contribution in [3.05, 3.63) is 29.8 Å². The van der Waals surface area contributed by atoms with Crippen molar-refractivity contribution in [3.8, 4) is 5.75 Å². The first-order valence-corrected chi connectivity index (χ1v) is 9.87. The zero-order valence-electron chi connectivity index (χ0n) is 14.1. The van der Waals surface area contributed by atoms with E-state index in [0.717, 1.165) is 12.2 Å². The van der Waals surface area contributed by atoms with Crippen LogP contribution in [-0.4, -0.2) is 40.0 Å². The van der Waals surface area contributed by atoms with Gasteiger partial charge in [0.1, 0.15) is 5.75 Å². The SMILES string of the molecule is CCS(=O)(=O)N[C@H]1COCC[C@@H]1COc1ccc(C(C)C)cc1. The maximum atomic E-state index is 11.8. The average Bonchev–Trinajstić information content (AvgIpc) is 2.54. The van der Waals surface area contributed by atoms with Gasteiger partial charge < -0.3 is 9.47 Å². The summed E-state index contributed by atoms with van der Waals surface area (Å²) in [5.41, 5.74) is 1.27. The van der Waals surface area contributed by atoms with Gasteiger partial charge in [-0.1, -0.05) is 26.0 Å². The summed E-state index contributed by atoms with van der Waals surface area (Å²) in [6.07, 6.45) is 0.793. The molecule has 1 heterocycles. The maximum absolute atomic E-state index is 11.8. The summed E-state index contributed by atoms with van der Waals surface area (Å²) >= 11 is 0. The first-order chi connectivity index (χ1) is 10.9. The molecule has 0 aliphatic carbocycles. The molecule has 0 bridgehead atoms. The van der Waals surface area contributed by atoms with Crippen molar-refractivity contribution >= 4 is 10.0 Å². The van der Waals surface area contributed by atoms with E-state index in [4.69, 9.17) is 9.47 Å². The number of hydrogen-bond donors (Lipinski definition) is 1. The Labute approximate surface area is 139 Å². The van der Waals surface area contributed by atoms with Crippen LogP contribution in [0.25, 0.3) is 0 Å². The second-order valence-electron chi connectivity index (χ2n) is 6.29. The van der Waals surface area contributed by atoms with E-state index >= 15 is 0 Å². The molecule has 1 aromatic rings. The lowest BCUT2D eigenvalue weighted by atomic mass is 9.97. The van der Waals surface area contributed by atoms with Crippen molar-refractivity contribution < 1.29 is 17.9 Å². The van der Waals surface area contributed by atoms with Crippen LogP contribution in [0.1, 0.15) is 38.7 Å². The molecule has 1 fully saturated rings. The van der Waals surface area contributed by atoms with Gasteiger partial charge in [-0.05, 0) is 37.0 Å². The molecule has 0 spiro atoms. The van der Waals surface area contributed by atoms with Gasteiger partial charge in [0.15, 0.2) is 0 Å². The second kappa shape index (κ2) is 8.13. The van der Waals surface area contributed by atoms with Crippen LogP contribution in [0.5, 0.6) is 5.75 Å². The van der Waals surface area contributed by atoms with E-state index in [1.54, 1.807) is 6.92 Å². The Morgan fingerprint density at radius 3 is 2.61 bits per heavy atom. The third-order valence-corrected chi connectivity index (χ3v) is 5.64. The fourth-order valence-electron chi connectivity index (χ4n) is 2.58. The van der Waals surface area contributed by atoms with Crippen LogP contribution < -0.4 is 9.46 Å². The Morgan fingerprint density at radius 1 is 1.30 bits per heavy atom. The van der Waals surface area contributed by atoms with Crippen LogP contribution >= 0.6 is 0 Å². The van der Waals surface area contributed by atoms with Crippen LogP contribution in [-0.2, 0) is 14.8 Å². The summed E-state index contributed by atoms with van der Waals surface area (Å²) in [6, 6.07) is 7.87. The minimum Gasteiger partial charge on any atom is -0.493 e. The van der Waals surface area contributed by atoms with Crippen molar-refractivity contribution in [3.63, 3.8) is 0 Å². The molecule has 130 valence electrons. The zero-order chi connectivity index (χ0) is 16.9. The minimum absolute atomic E-state index is 0.0771. The normalized spacial score (nSPS) is 22.3. The molecule has 2 rings (SSSR count). The Bertz CT molecular complexity index is 583. The van der Waals surface area contributed by atoms with E-state index in [1.807, 2.05) is 12.1 Å². The summed E-state index contributed by atoms with van der Waals surface area (Å²) < 4.78 is 37.6. The third-order valence-electron chi connectivity index (χ3n) is 4.22. The molecule has 1 N–H and O–H groups in total. The van der Waals surface area contributed by atoms with Crippen molar-refractivity contribution in [1.82, 2.24) is 4.72 Å². The predicted octanol–water partition coefficient (Wildman–Crippen LogP) is 2.53. The Balaban J connectivity index is 1.94. The highest BCUT2D eigenvalue weighted by Crippen LogP contribution is 2.21. The number of benzene rings is 1. The van der Waals surface area contributed by atoms with Crippen molar-refractivity contribution in [1.29, 1.82) is 0 Å². The van der Waals surface area contributed by atoms with E-state index in [2.05, 4.69) is 30.7 Å². The molecule has 1 aliphatic heterocycles. The van der Waals surface area contributed by atoms with E-state index in [0.29, 0.717) is 25.7 Å². The van der Waals surface area contributed by atoms with Gasteiger partial charge in [-0.2, -0.15) is 0 Å². The number of sulfonamides is 1. The molecule has 2 atom stereocenters. The second-order valence-corrected chi connectivity index (χ2v) is 8.33. The summed E-state index contributed by atoms with van der Waals surface area (Å²) in [4.78, 5) is 0. The van der Waals surface area contributed by atoms with E-state index < -0.39 is 10.0 Å². The lowest BCUT2D eigenvalue weighted by Crippen LogP contribution is -2.48. The van der Waals surface area contributed by atoms with Crippen LogP contribution in [0.15, 0.2) is 24.3 Å². The zero-order valence-corrected chi connectivity index (χ0v) is 14.9. The highest BCUT2D eigenvalue weighted by Gasteiger charge is 2.29. The molecule has 1 saturated heterocycles. The van der Waals surface area contributed by atoms with Gasteiger partial charge in [0.2, 0.25) is 10.0 Å². The maximum Gasteiger partial charge on any atom is 0.211 e. The van der Waals surface area contributed by atoms with Crippen LogP contribution in [0.4, 0.5) is 0 Å². The van der Waals surface area contributed by atoms with E-state index in [1.165, 1.54) is 5.56 Å². The smallest absolute Gasteiger partial charge is 0.211 e.